The smallest absolute Gasteiger partial charge is 0.0946 e. The van der Waals surface area contributed by atoms with Crippen LogP contribution in [-0.4, -0.2) is 34.7 Å². The number of hydrogen-bond donors (Lipinski definition) is 2. The van der Waals surface area contributed by atoms with E-state index in [1.807, 2.05) is 18.7 Å². The van der Waals surface area contributed by atoms with Crippen LogP contribution in [0.1, 0.15) is 13.3 Å². The Labute approximate surface area is 84.7 Å². The summed E-state index contributed by atoms with van der Waals surface area (Å²) in [5.74, 6) is 0. The Bertz CT molecular complexity index is 251. The van der Waals surface area contributed by atoms with Crippen LogP contribution in [0.25, 0.3) is 0 Å². The van der Waals surface area contributed by atoms with E-state index in [0.29, 0.717) is 12.1 Å². The van der Waals surface area contributed by atoms with Gasteiger partial charge in [-0.1, -0.05) is 0 Å². The molecule has 0 spiro atoms. The van der Waals surface area contributed by atoms with Gasteiger partial charge in [-0.05, 0) is 19.9 Å². The molecule has 2 atom stereocenters. The first-order chi connectivity index (χ1) is 6.84. The third-order valence-electron chi connectivity index (χ3n) is 2.62. The van der Waals surface area contributed by atoms with Crippen molar-refractivity contribution in [1.29, 1.82) is 0 Å². The average molecular weight is 194 g/mol. The highest BCUT2D eigenvalue weighted by atomic mass is 15.1. The summed E-state index contributed by atoms with van der Waals surface area (Å²) in [6.45, 7) is 5.47. The molecule has 2 heterocycles. The summed E-state index contributed by atoms with van der Waals surface area (Å²) in [6, 6.07) is 1.16. The van der Waals surface area contributed by atoms with Crippen LogP contribution in [0.15, 0.2) is 18.7 Å². The molecule has 1 fully saturated rings. The quantitative estimate of drug-likeness (QED) is 0.720. The summed E-state index contributed by atoms with van der Waals surface area (Å²) < 4.78 is 2.11. The lowest BCUT2D eigenvalue weighted by atomic mass is 10.2. The molecule has 2 rings (SSSR count). The topological polar surface area (TPSA) is 41.9 Å². The molecule has 4 nitrogen and oxygen atoms in total. The molecule has 4 heteroatoms. The maximum atomic E-state index is 4.03. The van der Waals surface area contributed by atoms with Crippen LogP contribution in [0.5, 0.6) is 0 Å². The maximum Gasteiger partial charge on any atom is 0.0946 e. The van der Waals surface area contributed by atoms with Crippen LogP contribution in [0.3, 0.4) is 0 Å². The molecule has 1 saturated heterocycles. The van der Waals surface area contributed by atoms with E-state index in [1.54, 1.807) is 0 Å². The lowest BCUT2D eigenvalue weighted by molar-refractivity contribution is 0.422. The number of hydrogen-bond acceptors (Lipinski definition) is 3. The number of nitrogens with one attached hydrogen (secondary N) is 2. The van der Waals surface area contributed by atoms with Gasteiger partial charge in [-0.3, -0.25) is 0 Å². The number of nitrogens with zero attached hydrogens (tertiary/aromatic N) is 2. The van der Waals surface area contributed by atoms with E-state index >= 15 is 0 Å². The van der Waals surface area contributed by atoms with Crippen LogP contribution >= 0.6 is 0 Å². The van der Waals surface area contributed by atoms with E-state index in [0.717, 1.165) is 19.6 Å². The Hall–Kier alpha value is -0.870. The summed E-state index contributed by atoms with van der Waals surface area (Å²) in [4.78, 5) is 4.03. The van der Waals surface area contributed by atoms with Gasteiger partial charge in [0, 0.05) is 37.6 Å². The molecule has 0 saturated carbocycles. The average Bonchev–Trinajstić information content (AvgIpc) is 2.76. The SMILES string of the molecule is CC(Cn1ccnc1)NC1CCNC1. The van der Waals surface area contributed by atoms with Gasteiger partial charge in [0.25, 0.3) is 0 Å². The second-order valence-electron chi connectivity index (χ2n) is 4.02. The Kier molecular flexibility index (Phi) is 3.16. The zero-order valence-corrected chi connectivity index (χ0v) is 8.61. The van der Waals surface area contributed by atoms with Gasteiger partial charge in [0.15, 0.2) is 0 Å². The first kappa shape index (κ1) is 9.68. The number of imidazole rings is 1. The minimum Gasteiger partial charge on any atom is -0.336 e. The number of aromatic nitrogens is 2. The fourth-order valence-corrected chi connectivity index (χ4v) is 1.96. The van der Waals surface area contributed by atoms with Gasteiger partial charge in [0.1, 0.15) is 0 Å². The molecule has 1 aromatic rings. The first-order valence-corrected chi connectivity index (χ1v) is 5.27. The molecule has 0 radical (unpaired) electrons. The lowest BCUT2D eigenvalue weighted by Gasteiger charge is -2.18. The van der Waals surface area contributed by atoms with Gasteiger partial charge in [0.05, 0.1) is 6.33 Å². The van der Waals surface area contributed by atoms with E-state index in [2.05, 4.69) is 27.1 Å². The fraction of sp³-hybridized carbons (Fsp3) is 0.700. The third kappa shape index (κ3) is 2.56. The summed E-state index contributed by atoms with van der Waals surface area (Å²) >= 11 is 0. The molecule has 0 aliphatic carbocycles. The van der Waals surface area contributed by atoms with Crippen molar-refractivity contribution in [1.82, 2.24) is 20.2 Å². The normalized spacial score (nSPS) is 23.9. The van der Waals surface area contributed by atoms with Gasteiger partial charge in [-0.25, -0.2) is 4.98 Å². The Morgan fingerprint density at radius 1 is 1.71 bits per heavy atom. The zero-order chi connectivity index (χ0) is 9.80. The highest BCUT2D eigenvalue weighted by Crippen LogP contribution is 2.00. The Morgan fingerprint density at radius 3 is 3.29 bits per heavy atom. The minimum atomic E-state index is 0.508. The minimum absolute atomic E-state index is 0.508. The maximum absolute atomic E-state index is 4.03. The summed E-state index contributed by atoms with van der Waals surface area (Å²) in [7, 11) is 0. The van der Waals surface area contributed by atoms with Gasteiger partial charge < -0.3 is 15.2 Å². The van der Waals surface area contributed by atoms with Crippen molar-refractivity contribution in [3.63, 3.8) is 0 Å². The summed E-state index contributed by atoms with van der Waals surface area (Å²) in [5, 5.41) is 6.96. The van der Waals surface area contributed by atoms with E-state index in [1.165, 1.54) is 6.42 Å². The molecule has 0 amide bonds. The van der Waals surface area contributed by atoms with Crippen molar-refractivity contribution in [2.75, 3.05) is 13.1 Å². The predicted molar refractivity (Wildman–Crippen MR) is 56.1 cm³/mol. The molecule has 78 valence electrons. The van der Waals surface area contributed by atoms with Gasteiger partial charge >= 0.3 is 0 Å². The Morgan fingerprint density at radius 2 is 2.64 bits per heavy atom. The molecule has 2 unspecified atom stereocenters. The van der Waals surface area contributed by atoms with E-state index in [-0.39, 0.29) is 0 Å². The van der Waals surface area contributed by atoms with E-state index in [4.69, 9.17) is 0 Å². The van der Waals surface area contributed by atoms with Gasteiger partial charge in [-0.15, -0.1) is 0 Å². The largest absolute Gasteiger partial charge is 0.336 e. The molecule has 0 aromatic carbocycles. The van der Waals surface area contributed by atoms with Crippen molar-refractivity contribution in [2.24, 2.45) is 0 Å². The van der Waals surface area contributed by atoms with Crippen LogP contribution < -0.4 is 10.6 Å². The van der Waals surface area contributed by atoms with Crippen molar-refractivity contribution >= 4 is 0 Å². The van der Waals surface area contributed by atoms with Gasteiger partial charge in [-0.2, -0.15) is 0 Å². The molecule has 2 N–H and O–H groups in total. The van der Waals surface area contributed by atoms with E-state index < -0.39 is 0 Å². The van der Waals surface area contributed by atoms with Crippen LogP contribution in [0.2, 0.25) is 0 Å². The third-order valence-corrected chi connectivity index (χ3v) is 2.62. The number of rotatable bonds is 4. The highest BCUT2D eigenvalue weighted by Gasteiger charge is 2.15. The van der Waals surface area contributed by atoms with E-state index in [9.17, 15) is 0 Å². The lowest BCUT2D eigenvalue weighted by Crippen LogP contribution is -2.39. The van der Waals surface area contributed by atoms with Crippen molar-refractivity contribution < 1.29 is 0 Å². The molecule has 14 heavy (non-hydrogen) atoms. The summed E-state index contributed by atoms with van der Waals surface area (Å²) in [5.41, 5.74) is 0. The zero-order valence-electron chi connectivity index (χ0n) is 8.61. The highest BCUT2D eigenvalue weighted by molar-refractivity contribution is 4.82. The molecule has 0 bridgehead atoms. The van der Waals surface area contributed by atoms with Crippen molar-refractivity contribution in [2.45, 2.75) is 32.0 Å². The van der Waals surface area contributed by atoms with Crippen LogP contribution in [0.4, 0.5) is 0 Å². The van der Waals surface area contributed by atoms with Gasteiger partial charge in [0.2, 0.25) is 0 Å². The summed E-state index contributed by atoms with van der Waals surface area (Å²) in [6.07, 6.45) is 6.94. The van der Waals surface area contributed by atoms with Crippen molar-refractivity contribution in [3.8, 4) is 0 Å². The fourth-order valence-electron chi connectivity index (χ4n) is 1.96. The van der Waals surface area contributed by atoms with Crippen LogP contribution in [0, 0.1) is 0 Å². The molecular weight excluding hydrogens is 176 g/mol. The monoisotopic (exact) mass is 194 g/mol. The molecular formula is C10H18N4. The molecule has 1 aromatic heterocycles. The second kappa shape index (κ2) is 4.57. The standard InChI is InChI=1S/C10H18N4/c1-9(7-14-5-4-12-8-14)13-10-2-3-11-6-10/h4-5,8-11,13H,2-3,6-7H2,1H3. The van der Waals surface area contributed by atoms with Crippen LogP contribution in [-0.2, 0) is 6.54 Å². The Balaban J connectivity index is 1.75. The second-order valence-corrected chi connectivity index (χ2v) is 4.02. The predicted octanol–water partition coefficient (Wildman–Crippen LogP) is 0.223. The molecule has 1 aliphatic rings. The van der Waals surface area contributed by atoms with Crippen molar-refractivity contribution in [3.05, 3.63) is 18.7 Å². The first-order valence-electron chi connectivity index (χ1n) is 5.27. The molecule has 1 aliphatic heterocycles.